The van der Waals surface area contributed by atoms with E-state index in [2.05, 4.69) is 20.6 Å². The molecule has 0 saturated heterocycles. The monoisotopic (exact) mass is 358 g/mol. The maximum atomic E-state index is 13.0. The average Bonchev–Trinajstić information content (AvgIpc) is 2.63. The van der Waals surface area contributed by atoms with Crippen LogP contribution >= 0.6 is 0 Å². The van der Waals surface area contributed by atoms with E-state index < -0.39 is 11.7 Å². The number of benzene rings is 1. The molecule has 2 aromatic heterocycles. The van der Waals surface area contributed by atoms with Gasteiger partial charge in [-0.1, -0.05) is 12.1 Å². The molecule has 0 atom stereocenters. The van der Waals surface area contributed by atoms with Gasteiger partial charge in [0, 0.05) is 12.4 Å². The normalized spacial score (nSPS) is 11.0. The van der Waals surface area contributed by atoms with Gasteiger partial charge in [-0.3, -0.25) is 9.78 Å². The van der Waals surface area contributed by atoms with E-state index in [1.54, 1.807) is 24.4 Å². The van der Waals surface area contributed by atoms with Crippen molar-refractivity contribution in [2.45, 2.75) is 6.18 Å². The van der Waals surface area contributed by atoms with Crippen LogP contribution in [0.15, 0.2) is 67.1 Å². The molecule has 26 heavy (non-hydrogen) atoms. The number of nitrogens with zero attached hydrogens (tertiary/aromatic N) is 2. The SMILES string of the molecule is O=C(Nc1ccc(Nc2ccccc2C(F)(F)F)nc1)c1cccnc1. The van der Waals surface area contributed by atoms with Crippen LogP contribution in [0, 0.1) is 0 Å². The van der Waals surface area contributed by atoms with Gasteiger partial charge in [0.05, 0.1) is 28.7 Å². The Morgan fingerprint density at radius 1 is 0.962 bits per heavy atom. The van der Waals surface area contributed by atoms with Crippen LogP contribution in [0.3, 0.4) is 0 Å². The van der Waals surface area contributed by atoms with Crippen molar-refractivity contribution in [3.05, 3.63) is 78.2 Å². The lowest BCUT2D eigenvalue weighted by Crippen LogP contribution is -2.12. The molecule has 8 heteroatoms. The Morgan fingerprint density at radius 3 is 2.42 bits per heavy atom. The summed E-state index contributed by atoms with van der Waals surface area (Å²) in [5.41, 5.74) is -0.0854. The number of hydrogen-bond acceptors (Lipinski definition) is 4. The van der Waals surface area contributed by atoms with Crippen LogP contribution in [0.25, 0.3) is 0 Å². The molecule has 0 radical (unpaired) electrons. The lowest BCUT2D eigenvalue weighted by molar-refractivity contribution is -0.136. The van der Waals surface area contributed by atoms with Gasteiger partial charge >= 0.3 is 6.18 Å². The Kier molecular flexibility index (Phi) is 4.83. The van der Waals surface area contributed by atoms with Crippen molar-refractivity contribution in [3.8, 4) is 0 Å². The van der Waals surface area contributed by atoms with Crippen molar-refractivity contribution in [2.75, 3.05) is 10.6 Å². The number of amides is 1. The number of alkyl halides is 3. The summed E-state index contributed by atoms with van der Waals surface area (Å²) in [5.74, 6) is -0.135. The first-order chi connectivity index (χ1) is 12.4. The van der Waals surface area contributed by atoms with E-state index in [-0.39, 0.29) is 17.4 Å². The largest absolute Gasteiger partial charge is 0.418 e. The molecule has 0 bridgehead atoms. The van der Waals surface area contributed by atoms with Gasteiger partial charge in [0.2, 0.25) is 0 Å². The molecule has 2 heterocycles. The summed E-state index contributed by atoms with van der Waals surface area (Å²) < 4.78 is 39.0. The summed E-state index contributed by atoms with van der Waals surface area (Å²) in [6.07, 6.45) is -0.141. The van der Waals surface area contributed by atoms with Crippen molar-refractivity contribution >= 4 is 23.1 Å². The van der Waals surface area contributed by atoms with E-state index in [0.717, 1.165) is 6.07 Å². The summed E-state index contributed by atoms with van der Waals surface area (Å²) in [6.45, 7) is 0. The second-order valence-electron chi connectivity index (χ2n) is 5.30. The number of nitrogens with one attached hydrogen (secondary N) is 2. The molecule has 3 rings (SSSR count). The highest BCUT2D eigenvalue weighted by atomic mass is 19.4. The van der Waals surface area contributed by atoms with Gasteiger partial charge in [-0.05, 0) is 36.4 Å². The molecule has 0 spiro atoms. The third-order valence-electron chi connectivity index (χ3n) is 3.44. The predicted octanol–water partition coefficient (Wildman–Crippen LogP) is 4.49. The van der Waals surface area contributed by atoms with Gasteiger partial charge in [-0.15, -0.1) is 0 Å². The first-order valence-electron chi connectivity index (χ1n) is 7.54. The Bertz CT molecular complexity index is 896. The maximum Gasteiger partial charge on any atom is 0.418 e. The minimum Gasteiger partial charge on any atom is -0.340 e. The van der Waals surface area contributed by atoms with Gasteiger partial charge in [0.15, 0.2) is 0 Å². The van der Waals surface area contributed by atoms with Crippen LogP contribution in [0.2, 0.25) is 0 Å². The number of halogens is 3. The first kappa shape index (κ1) is 17.4. The van der Waals surface area contributed by atoms with E-state index in [0.29, 0.717) is 11.3 Å². The zero-order valence-electron chi connectivity index (χ0n) is 13.3. The molecule has 1 aromatic carbocycles. The topological polar surface area (TPSA) is 66.9 Å². The Labute approximate surface area is 146 Å². The number of para-hydroxylation sites is 1. The smallest absolute Gasteiger partial charge is 0.340 e. The van der Waals surface area contributed by atoms with Gasteiger partial charge in [-0.25, -0.2) is 4.98 Å². The van der Waals surface area contributed by atoms with Crippen LogP contribution in [0.5, 0.6) is 0 Å². The quantitative estimate of drug-likeness (QED) is 0.721. The fourth-order valence-electron chi connectivity index (χ4n) is 2.22. The molecule has 0 aliphatic carbocycles. The van der Waals surface area contributed by atoms with Crippen LogP contribution in [-0.2, 0) is 6.18 Å². The molecule has 1 amide bonds. The van der Waals surface area contributed by atoms with E-state index in [4.69, 9.17) is 0 Å². The number of carbonyl (C=O) groups excluding carboxylic acids is 1. The zero-order valence-corrected chi connectivity index (χ0v) is 13.3. The molecule has 5 nitrogen and oxygen atoms in total. The fourth-order valence-corrected chi connectivity index (χ4v) is 2.22. The number of pyridine rings is 2. The Morgan fingerprint density at radius 2 is 1.77 bits per heavy atom. The van der Waals surface area contributed by atoms with Crippen molar-refractivity contribution in [1.82, 2.24) is 9.97 Å². The van der Waals surface area contributed by atoms with Crippen LogP contribution in [0.1, 0.15) is 15.9 Å². The highest BCUT2D eigenvalue weighted by Crippen LogP contribution is 2.35. The number of anilines is 3. The minimum atomic E-state index is -4.47. The number of hydrogen-bond donors (Lipinski definition) is 2. The summed E-state index contributed by atoms with van der Waals surface area (Å²) in [5, 5.41) is 5.27. The van der Waals surface area contributed by atoms with Gasteiger partial charge < -0.3 is 10.6 Å². The molecule has 0 aliphatic heterocycles. The van der Waals surface area contributed by atoms with Crippen LogP contribution in [-0.4, -0.2) is 15.9 Å². The van der Waals surface area contributed by atoms with E-state index in [9.17, 15) is 18.0 Å². The van der Waals surface area contributed by atoms with Gasteiger partial charge in [0.25, 0.3) is 5.91 Å². The number of aromatic nitrogens is 2. The number of rotatable bonds is 4. The lowest BCUT2D eigenvalue weighted by Gasteiger charge is -2.14. The number of carbonyl (C=O) groups is 1. The van der Waals surface area contributed by atoms with E-state index in [1.165, 1.54) is 36.7 Å². The van der Waals surface area contributed by atoms with Crippen LogP contribution in [0.4, 0.5) is 30.4 Å². The molecule has 3 aromatic rings. The van der Waals surface area contributed by atoms with Crippen molar-refractivity contribution in [1.29, 1.82) is 0 Å². The van der Waals surface area contributed by atoms with Gasteiger partial charge in [-0.2, -0.15) is 13.2 Å². The summed E-state index contributed by atoms with van der Waals surface area (Å²) in [7, 11) is 0. The molecule has 132 valence electrons. The Hall–Kier alpha value is -3.42. The van der Waals surface area contributed by atoms with E-state index >= 15 is 0 Å². The maximum absolute atomic E-state index is 13.0. The summed E-state index contributed by atoms with van der Waals surface area (Å²) >= 11 is 0. The van der Waals surface area contributed by atoms with Crippen molar-refractivity contribution in [3.63, 3.8) is 0 Å². The molecule has 0 unspecified atom stereocenters. The Balaban J connectivity index is 1.72. The van der Waals surface area contributed by atoms with E-state index in [1.807, 2.05) is 0 Å². The standard InChI is InChI=1S/C18H13F3N4O/c19-18(20,21)14-5-1-2-6-15(14)25-16-8-7-13(11-23-16)24-17(26)12-4-3-9-22-10-12/h1-11H,(H,23,25)(H,24,26). The summed E-state index contributed by atoms with van der Waals surface area (Å²) in [4.78, 5) is 19.9. The first-order valence-corrected chi connectivity index (χ1v) is 7.54. The zero-order chi connectivity index (χ0) is 18.6. The van der Waals surface area contributed by atoms with Crippen molar-refractivity contribution in [2.24, 2.45) is 0 Å². The third-order valence-corrected chi connectivity index (χ3v) is 3.44. The average molecular weight is 358 g/mol. The molecule has 0 fully saturated rings. The minimum absolute atomic E-state index is 0.0976. The molecule has 2 N–H and O–H groups in total. The third kappa shape index (κ3) is 4.15. The second-order valence-corrected chi connectivity index (χ2v) is 5.30. The van der Waals surface area contributed by atoms with Gasteiger partial charge in [0.1, 0.15) is 5.82 Å². The molecular formula is C18H13F3N4O. The molecule has 0 saturated carbocycles. The second kappa shape index (κ2) is 7.22. The highest BCUT2D eigenvalue weighted by molar-refractivity contribution is 6.03. The fraction of sp³-hybridized carbons (Fsp3) is 0.0556. The highest BCUT2D eigenvalue weighted by Gasteiger charge is 2.33. The van der Waals surface area contributed by atoms with Crippen LogP contribution < -0.4 is 10.6 Å². The lowest BCUT2D eigenvalue weighted by atomic mass is 10.1. The predicted molar refractivity (Wildman–Crippen MR) is 91.2 cm³/mol. The molecule has 0 aliphatic rings. The molecular weight excluding hydrogens is 345 g/mol. The van der Waals surface area contributed by atoms with Crippen molar-refractivity contribution < 1.29 is 18.0 Å². The summed E-state index contributed by atoms with van der Waals surface area (Å²) in [6, 6.07) is 11.4.